The first-order valence-corrected chi connectivity index (χ1v) is 10.3. The van der Waals surface area contributed by atoms with E-state index in [0.717, 1.165) is 18.4 Å². The Morgan fingerprint density at radius 3 is 2.33 bits per heavy atom. The second kappa shape index (κ2) is 7.11. The molecule has 1 saturated carbocycles. The number of amides is 2. The van der Waals surface area contributed by atoms with Crippen molar-refractivity contribution in [2.24, 2.45) is 0 Å². The van der Waals surface area contributed by atoms with E-state index in [-0.39, 0.29) is 12.1 Å². The number of carbonyl (C=O) groups is 1. The van der Waals surface area contributed by atoms with Gasteiger partial charge in [0.05, 0.1) is 6.26 Å². The highest BCUT2D eigenvalue weighted by Gasteiger charge is 2.34. The molecular weight excluding hydrogens is 326 g/mol. The van der Waals surface area contributed by atoms with Crippen LogP contribution in [0.25, 0.3) is 0 Å². The standard InChI is InChI=1S/C17H25N3O3S/c1-24(22,23)19-11-9-15(10-12-19)18-17(21)20(16-7-8-16)13-14-5-3-2-4-6-14/h2-6,15-16H,7-13H2,1H3,(H,18,21). The lowest BCUT2D eigenvalue weighted by Gasteiger charge is -2.32. The average Bonchev–Trinajstić information content (AvgIpc) is 3.38. The van der Waals surface area contributed by atoms with Gasteiger partial charge in [0.1, 0.15) is 0 Å². The van der Waals surface area contributed by atoms with Crippen molar-refractivity contribution < 1.29 is 13.2 Å². The van der Waals surface area contributed by atoms with Gasteiger partial charge in [-0.05, 0) is 31.2 Å². The third kappa shape index (κ3) is 4.48. The maximum absolute atomic E-state index is 12.7. The molecule has 1 N–H and O–H groups in total. The molecule has 0 bridgehead atoms. The number of hydrogen-bond donors (Lipinski definition) is 1. The molecule has 1 aromatic carbocycles. The van der Waals surface area contributed by atoms with Crippen LogP contribution in [0, 0.1) is 0 Å². The Balaban J connectivity index is 1.55. The molecule has 0 unspecified atom stereocenters. The number of rotatable bonds is 5. The van der Waals surface area contributed by atoms with Gasteiger partial charge >= 0.3 is 6.03 Å². The number of sulfonamides is 1. The van der Waals surface area contributed by atoms with Crippen LogP contribution in [0.15, 0.2) is 30.3 Å². The summed E-state index contributed by atoms with van der Waals surface area (Å²) in [6.07, 6.45) is 4.70. The van der Waals surface area contributed by atoms with Gasteiger partial charge in [0, 0.05) is 31.7 Å². The number of benzene rings is 1. The second-order valence-corrected chi connectivity index (χ2v) is 8.71. The van der Waals surface area contributed by atoms with Crippen LogP contribution in [-0.4, -0.2) is 55.1 Å². The lowest BCUT2D eigenvalue weighted by molar-refractivity contribution is 0.181. The van der Waals surface area contributed by atoms with E-state index in [1.807, 2.05) is 35.2 Å². The van der Waals surface area contributed by atoms with Crippen molar-refractivity contribution in [1.82, 2.24) is 14.5 Å². The molecule has 0 aromatic heterocycles. The van der Waals surface area contributed by atoms with Crippen molar-refractivity contribution in [3.63, 3.8) is 0 Å². The second-order valence-electron chi connectivity index (χ2n) is 6.73. The topological polar surface area (TPSA) is 69.7 Å². The highest BCUT2D eigenvalue weighted by atomic mass is 32.2. The van der Waals surface area contributed by atoms with Crippen LogP contribution in [0.1, 0.15) is 31.2 Å². The van der Waals surface area contributed by atoms with Crippen LogP contribution in [0.3, 0.4) is 0 Å². The molecule has 1 aromatic rings. The zero-order valence-corrected chi connectivity index (χ0v) is 14.8. The van der Waals surface area contributed by atoms with E-state index in [1.54, 1.807) is 0 Å². The Kier molecular flexibility index (Phi) is 5.10. The number of urea groups is 1. The summed E-state index contributed by atoms with van der Waals surface area (Å²) in [5, 5.41) is 3.10. The van der Waals surface area contributed by atoms with Crippen molar-refractivity contribution >= 4 is 16.1 Å². The highest BCUT2D eigenvalue weighted by Crippen LogP contribution is 2.28. The Hall–Kier alpha value is -1.60. The van der Waals surface area contributed by atoms with Crippen LogP contribution >= 0.6 is 0 Å². The largest absolute Gasteiger partial charge is 0.335 e. The van der Waals surface area contributed by atoms with E-state index in [9.17, 15) is 13.2 Å². The van der Waals surface area contributed by atoms with Gasteiger partial charge in [0.2, 0.25) is 10.0 Å². The molecule has 2 amide bonds. The SMILES string of the molecule is CS(=O)(=O)N1CCC(NC(=O)N(Cc2ccccc2)C2CC2)CC1. The molecule has 1 heterocycles. The highest BCUT2D eigenvalue weighted by molar-refractivity contribution is 7.88. The summed E-state index contributed by atoms with van der Waals surface area (Å²) < 4.78 is 24.6. The maximum atomic E-state index is 12.7. The van der Waals surface area contributed by atoms with E-state index < -0.39 is 10.0 Å². The van der Waals surface area contributed by atoms with Crippen LogP contribution < -0.4 is 5.32 Å². The number of nitrogens with zero attached hydrogens (tertiary/aromatic N) is 2. The number of hydrogen-bond acceptors (Lipinski definition) is 3. The van der Waals surface area contributed by atoms with Crippen LogP contribution in [0.2, 0.25) is 0 Å². The first kappa shape index (κ1) is 17.2. The minimum atomic E-state index is -3.13. The van der Waals surface area contributed by atoms with Gasteiger partial charge in [-0.3, -0.25) is 0 Å². The molecule has 1 aliphatic heterocycles. The third-order valence-corrected chi connectivity index (χ3v) is 6.00. The van der Waals surface area contributed by atoms with Crippen molar-refractivity contribution in [2.75, 3.05) is 19.3 Å². The first-order chi connectivity index (χ1) is 11.4. The predicted molar refractivity (Wildman–Crippen MR) is 93.0 cm³/mol. The van der Waals surface area contributed by atoms with Crippen molar-refractivity contribution in [3.8, 4) is 0 Å². The monoisotopic (exact) mass is 351 g/mol. The fourth-order valence-electron chi connectivity index (χ4n) is 3.12. The minimum Gasteiger partial charge on any atom is -0.335 e. The van der Waals surface area contributed by atoms with Gasteiger partial charge in [-0.1, -0.05) is 30.3 Å². The van der Waals surface area contributed by atoms with Crippen LogP contribution in [-0.2, 0) is 16.6 Å². The number of nitrogens with one attached hydrogen (secondary N) is 1. The van der Waals surface area contributed by atoms with Gasteiger partial charge in [-0.2, -0.15) is 0 Å². The van der Waals surface area contributed by atoms with Crippen molar-refractivity contribution in [1.29, 1.82) is 0 Å². The Morgan fingerprint density at radius 1 is 1.17 bits per heavy atom. The van der Waals surface area contributed by atoms with Gasteiger partial charge in [0.25, 0.3) is 0 Å². The van der Waals surface area contributed by atoms with Gasteiger partial charge in [-0.25, -0.2) is 17.5 Å². The lowest BCUT2D eigenvalue weighted by atomic mass is 10.1. The zero-order chi connectivity index (χ0) is 17.2. The normalized spacial score (nSPS) is 19.9. The fraction of sp³-hybridized carbons (Fsp3) is 0.588. The van der Waals surface area contributed by atoms with E-state index >= 15 is 0 Å². The molecule has 132 valence electrons. The predicted octanol–water partition coefficient (Wildman–Crippen LogP) is 1.78. The Bertz CT molecular complexity index is 666. The molecule has 1 saturated heterocycles. The van der Waals surface area contributed by atoms with Gasteiger partial charge in [-0.15, -0.1) is 0 Å². The van der Waals surface area contributed by atoms with Crippen molar-refractivity contribution in [2.45, 2.75) is 44.3 Å². The summed E-state index contributed by atoms with van der Waals surface area (Å²) in [6, 6.07) is 10.4. The van der Waals surface area contributed by atoms with E-state index in [0.29, 0.717) is 38.5 Å². The molecule has 6 nitrogen and oxygen atoms in total. The minimum absolute atomic E-state index is 0.0286. The molecule has 0 radical (unpaired) electrons. The molecular formula is C17H25N3O3S. The van der Waals surface area contributed by atoms with E-state index in [4.69, 9.17) is 0 Å². The quantitative estimate of drug-likeness (QED) is 0.879. The molecule has 2 aliphatic rings. The number of carbonyl (C=O) groups excluding carboxylic acids is 1. The summed E-state index contributed by atoms with van der Waals surface area (Å²) >= 11 is 0. The summed E-state index contributed by atoms with van der Waals surface area (Å²) in [5.41, 5.74) is 1.13. The summed E-state index contributed by atoms with van der Waals surface area (Å²) in [6.45, 7) is 1.58. The molecule has 0 atom stereocenters. The smallest absolute Gasteiger partial charge is 0.318 e. The Labute approximate surface area is 143 Å². The Morgan fingerprint density at radius 2 is 1.79 bits per heavy atom. The third-order valence-electron chi connectivity index (χ3n) is 4.69. The van der Waals surface area contributed by atoms with Gasteiger partial charge < -0.3 is 10.2 Å². The number of piperidine rings is 1. The maximum Gasteiger partial charge on any atom is 0.318 e. The van der Waals surface area contributed by atoms with Gasteiger partial charge in [0.15, 0.2) is 0 Å². The molecule has 3 rings (SSSR count). The van der Waals surface area contributed by atoms with E-state index in [2.05, 4.69) is 5.32 Å². The first-order valence-electron chi connectivity index (χ1n) is 8.49. The average molecular weight is 351 g/mol. The molecule has 1 aliphatic carbocycles. The fourth-order valence-corrected chi connectivity index (χ4v) is 4.00. The molecule has 24 heavy (non-hydrogen) atoms. The molecule has 2 fully saturated rings. The summed E-state index contributed by atoms with van der Waals surface area (Å²) in [4.78, 5) is 14.6. The van der Waals surface area contributed by atoms with E-state index in [1.165, 1.54) is 10.6 Å². The molecule has 7 heteroatoms. The van der Waals surface area contributed by atoms with Crippen LogP contribution in [0.4, 0.5) is 4.79 Å². The van der Waals surface area contributed by atoms with Crippen molar-refractivity contribution in [3.05, 3.63) is 35.9 Å². The lowest BCUT2D eigenvalue weighted by Crippen LogP contribution is -2.50. The summed E-state index contributed by atoms with van der Waals surface area (Å²) in [7, 11) is -3.13. The molecule has 0 spiro atoms. The zero-order valence-electron chi connectivity index (χ0n) is 14.0. The summed E-state index contributed by atoms with van der Waals surface area (Å²) in [5.74, 6) is 0. The van der Waals surface area contributed by atoms with Crippen LogP contribution in [0.5, 0.6) is 0 Å².